The van der Waals surface area contributed by atoms with Crippen LogP contribution >= 0.6 is 0 Å². The molecule has 1 N–H and O–H groups in total. The van der Waals surface area contributed by atoms with Crippen molar-refractivity contribution >= 4 is 16.7 Å². The van der Waals surface area contributed by atoms with E-state index < -0.39 is 22.8 Å². The average molecular weight is 315 g/mol. The fourth-order valence-corrected chi connectivity index (χ4v) is 2.28. The number of aromatic amines is 1. The molecule has 0 amide bonds. The van der Waals surface area contributed by atoms with Crippen LogP contribution in [0.3, 0.4) is 0 Å². The Bertz CT molecular complexity index is 962. The Balaban J connectivity index is 2.12. The number of halogens is 2. The molecule has 0 aliphatic heterocycles. The molecule has 2 aromatic carbocycles. The van der Waals surface area contributed by atoms with Gasteiger partial charge >= 0.3 is 0 Å². The van der Waals surface area contributed by atoms with Gasteiger partial charge in [-0.15, -0.1) is 0 Å². The van der Waals surface area contributed by atoms with Crippen LogP contribution in [0.15, 0.2) is 47.4 Å². The number of carbonyl (C=O) groups is 1. The Morgan fingerprint density at radius 2 is 1.74 bits per heavy atom. The van der Waals surface area contributed by atoms with Crippen molar-refractivity contribution in [2.75, 3.05) is 7.11 Å². The zero-order valence-corrected chi connectivity index (χ0v) is 12.0. The molecule has 0 saturated carbocycles. The van der Waals surface area contributed by atoms with E-state index in [1.165, 1.54) is 25.4 Å². The van der Waals surface area contributed by atoms with Gasteiger partial charge in [0.25, 0.3) is 0 Å². The first-order chi connectivity index (χ1) is 11.0. The number of benzene rings is 2. The Labute approximate surface area is 129 Å². The van der Waals surface area contributed by atoms with Crippen LogP contribution in [0.25, 0.3) is 10.9 Å². The van der Waals surface area contributed by atoms with Crippen LogP contribution in [0, 0.1) is 11.6 Å². The van der Waals surface area contributed by atoms with Crippen LogP contribution in [-0.2, 0) is 0 Å². The first-order valence-electron chi connectivity index (χ1n) is 6.70. The summed E-state index contributed by atoms with van der Waals surface area (Å²) >= 11 is 0. The highest BCUT2D eigenvalue weighted by Crippen LogP contribution is 2.17. The molecule has 1 aromatic heterocycles. The predicted octanol–water partition coefficient (Wildman–Crippen LogP) is 3.05. The average Bonchev–Trinajstić information content (AvgIpc) is 2.56. The maximum Gasteiger partial charge on any atom is 0.200 e. The molecular formula is C17H11F2NO3. The molecule has 3 rings (SSSR count). The van der Waals surface area contributed by atoms with Crippen LogP contribution in [0.4, 0.5) is 8.78 Å². The zero-order chi connectivity index (χ0) is 16.6. The number of carbonyl (C=O) groups excluding carboxylic acids is 1. The van der Waals surface area contributed by atoms with E-state index in [4.69, 9.17) is 4.74 Å². The number of ether oxygens (including phenoxy) is 1. The summed E-state index contributed by atoms with van der Waals surface area (Å²) < 4.78 is 31.5. The molecule has 0 aliphatic carbocycles. The van der Waals surface area contributed by atoms with Gasteiger partial charge in [0, 0.05) is 23.2 Å². The molecule has 0 unspecified atom stereocenters. The minimum atomic E-state index is -1.14. The lowest BCUT2D eigenvalue weighted by Gasteiger charge is -2.05. The normalized spacial score (nSPS) is 10.7. The molecule has 1 heterocycles. The highest BCUT2D eigenvalue weighted by atomic mass is 19.2. The number of rotatable bonds is 3. The number of fused-ring (bicyclic) bond motifs is 1. The maximum atomic E-state index is 13.3. The third-order valence-electron chi connectivity index (χ3n) is 3.52. The van der Waals surface area contributed by atoms with Gasteiger partial charge in [-0.25, -0.2) is 8.78 Å². The summed E-state index contributed by atoms with van der Waals surface area (Å²) in [7, 11) is 1.50. The van der Waals surface area contributed by atoms with E-state index in [9.17, 15) is 18.4 Å². The van der Waals surface area contributed by atoms with E-state index in [1.807, 2.05) is 0 Å². The molecule has 116 valence electrons. The van der Waals surface area contributed by atoms with Crippen LogP contribution in [0.1, 0.15) is 15.9 Å². The molecule has 0 atom stereocenters. The van der Waals surface area contributed by atoms with E-state index in [-0.39, 0.29) is 16.5 Å². The lowest BCUT2D eigenvalue weighted by atomic mass is 10.0. The van der Waals surface area contributed by atoms with Gasteiger partial charge in [-0.1, -0.05) is 0 Å². The molecule has 0 bridgehead atoms. The van der Waals surface area contributed by atoms with E-state index >= 15 is 0 Å². The van der Waals surface area contributed by atoms with Crippen molar-refractivity contribution in [2.24, 2.45) is 0 Å². The number of hydrogen-bond donors (Lipinski definition) is 1. The zero-order valence-electron chi connectivity index (χ0n) is 12.0. The second-order valence-electron chi connectivity index (χ2n) is 4.90. The molecule has 0 fully saturated rings. The minimum absolute atomic E-state index is 0.0803. The highest BCUT2D eigenvalue weighted by Gasteiger charge is 2.16. The molecule has 0 aliphatic rings. The molecule has 0 spiro atoms. The molecule has 3 aromatic rings. The van der Waals surface area contributed by atoms with Gasteiger partial charge in [-0.2, -0.15) is 0 Å². The van der Waals surface area contributed by atoms with Gasteiger partial charge in [0.05, 0.1) is 18.2 Å². The third-order valence-corrected chi connectivity index (χ3v) is 3.52. The van der Waals surface area contributed by atoms with Gasteiger partial charge in [-0.3, -0.25) is 9.59 Å². The van der Waals surface area contributed by atoms with Crippen LogP contribution < -0.4 is 10.2 Å². The largest absolute Gasteiger partial charge is 0.497 e. The lowest BCUT2D eigenvalue weighted by molar-refractivity contribution is 0.103. The van der Waals surface area contributed by atoms with E-state index in [1.54, 1.807) is 12.1 Å². The summed E-state index contributed by atoms with van der Waals surface area (Å²) in [5, 5.41) is -0.0803. The van der Waals surface area contributed by atoms with Gasteiger partial charge in [0.15, 0.2) is 17.4 Å². The maximum absolute atomic E-state index is 13.3. The van der Waals surface area contributed by atoms with E-state index in [2.05, 4.69) is 4.98 Å². The number of hydrogen-bond acceptors (Lipinski definition) is 3. The Morgan fingerprint density at radius 1 is 1.09 bits per heavy atom. The lowest BCUT2D eigenvalue weighted by Crippen LogP contribution is -2.17. The quantitative estimate of drug-likeness (QED) is 0.756. The molecule has 0 saturated heterocycles. The van der Waals surface area contributed by atoms with Crippen molar-refractivity contribution < 1.29 is 18.3 Å². The minimum Gasteiger partial charge on any atom is -0.497 e. The number of aromatic nitrogens is 1. The Kier molecular flexibility index (Phi) is 3.65. The van der Waals surface area contributed by atoms with Crippen molar-refractivity contribution in [3.8, 4) is 5.75 Å². The molecular weight excluding hydrogens is 304 g/mol. The summed E-state index contributed by atoms with van der Waals surface area (Å²) in [6.45, 7) is 0. The summed E-state index contributed by atoms with van der Waals surface area (Å²) in [5.41, 5.74) is -0.384. The van der Waals surface area contributed by atoms with Gasteiger partial charge in [0.2, 0.25) is 5.43 Å². The van der Waals surface area contributed by atoms with E-state index in [0.29, 0.717) is 11.3 Å². The molecule has 6 heteroatoms. The molecule has 4 nitrogen and oxygen atoms in total. The smallest absolute Gasteiger partial charge is 0.200 e. The van der Waals surface area contributed by atoms with Crippen molar-refractivity contribution in [3.05, 3.63) is 75.6 Å². The first-order valence-corrected chi connectivity index (χ1v) is 6.70. The van der Waals surface area contributed by atoms with Crippen molar-refractivity contribution in [3.63, 3.8) is 0 Å². The SMILES string of the molecule is COc1ccc(C(=O)c2c[nH]c3cc(F)c(F)cc3c2=O)cc1. The Hall–Kier alpha value is -3.02. The second-order valence-corrected chi connectivity index (χ2v) is 4.90. The topological polar surface area (TPSA) is 59.2 Å². The van der Waals surface area contributed by atoms with Gasteiger partial charge in [-0.05, 0) is 30.3 Å². The summed E-state index contributed by atoms with van der Waals surface area (Å²) in [6, 6.07) is 7.91. The second kappa shape index (κ2) is 5.64. The summed E-state index contributed by atoms with van der Waals surface area (Å²) in [6.07, 6.45) is 1.20. The molecule has 0 radical (unpaired) electrons. The standard InChI is InChI=1S/C17H11F2NO3/c1-23-10-4-2-9(3-5-10)16(21)12-8-20-15-7-14(19)13(18)6-11(15)17(12)22/h2-8H,1H3,(H,20,22). The summed E-state index contributed by atoms with van der Waals surface area (Å²) in [4.78, 5) is 27.5. The summed E-state index contributed by atoms with van der Waals surface area (Å²) in [5.74, 6) is -2.15. The van der Waals surface area contributed by atoms with Gasteiger partial charge in [0.1, 0.15) is 5.75 Å². The van der Waals surface area contributed by atoms with Crippen LogP contribution in [0.5, 0.6) is 5.75 Å². The first kappa shape index (κ1) is 14.9. The van der Waals surface area contributed by atoms with Crippen molar-refractivity contribution in [2.45, 2.75) is 0 Å². The monoisotopic (exact) mass is 315 g/mol. The number of methoxy groups -OCH3 is 1. The van der Waals surface area contributed by atoms with Crippen LogP contribution in [0.2, 0.25) is 0 Å². The molecule has 23 heavy (non-hydrogen) atoms. The van der Waals surface area contributed by atoms with Gasteiger partial charge < -0.3 is 9.72 Å². The number of H-pyrrole nitrogens is 1. The van der Waals surface area contributed by atoms with Crippen molar-refractivity contribution in [1.29, 1.82) is 0 Å². The number of nitrogens with one attached hydrogen (secondary N) is 1. The van der Waals surface area contributed by atoms with Crippen LogP contribution in [-0.4, -0.2) is 17.9 Å². The third kappa shape index (κ3) is 2.59. The van der Waals surface area contributed by atoms with Crippen molar-refractivity contribution in [1.82, 2.24) is 4.98 Å². The number of pyridine rings is 1. The highest BCUT2D eigenvalue weighted by molar-refractivity contribution is 6.10. The predicted molar refractivity (Wildman–Crippen MR) is 80.9 cm³/mol. The fourth-order valence-electron chi connectivity index (χ4n) is 2.28. The Morgan fingerprint density at radius 3 is 2.39 bits per heavy atom. The van der Waals surface area contributed by atoms with E-state index in [0.717, 1.165) is 12.1 Å². The number of ketones is 1. The fraction of sp³-hybridized carbons (Fsp3) is 0.0588.